The van der Waals surface area contributed by atoms with E-state index in [9.17, 15) is 64.4 Å². The Bertz CT molecular complexity index is 1770. The molecule has 0 aromatic rings. The Balaban J connectivity index is 1.84. The van der Waals surface area contributed by atoms with Crippen LogP contribution in [0.2, 0.25) is 0 Å². The van der Waals surface area contributed by atoms with Gasteiger partial charge in [-0.1, -0.05) is 34.9 Å². The number of hydrogen-bond acceptors (Lipinski definition) is 21. The highest BCUT2D eigenvalue weighted by Gasteiger charge is 2.56. The molecular weight excluding hydrogens is 907 g/mol. The van der Waals surface area contributed by atoms with Crippen molar-refractivity contribution >= 4 is 31.7 Å². The normalized spacial score (nSPS) is 34.4. The first-order valence-corrected chi connectivity index (χ1v) is 22.3. The Morgan fingerprint density at radius 1 is 0.788 bits per heavy atom. The minimum absolute atomic E-state index is 0.236. The molecule has 0 aliphatic carbocycles. The zero-order valence-electron chi connectivity index (χ0n) is 37.1. The Morgan fingerprint density at radius 2 is 1.41 bits per heavy atom. The number of rotatable bonds is 24. The number of phosphoric ester groups is 1. The minimum Gasteiger partial charge on any atom is -0.479 e. The van der Waals surface area contributed by atoms with Crippen molar-refractivity contribution in [3.8, 4) is 0 Å². The summed E-state index contributed by atoms with van der Waals surface area (Å²) in [5, 5.41) is 74.7. The van der Waals surface area contributed by atoms with Crippen molar-refractivity contribution in [2.75, 3.05) is 26.4 Å². The quantitative estimate of drug-likeness (QED) is 0.0342. The molecule has 26 nitrogen and oxygen atoms in total. The molecule has 66 heavy (non-hydrogen) atoms. The highest BCUT2D eigenvalue weighted by Crippen LogP contribution is 2.47. The highest BCUT2D eigenvalue weighted by molar-refractivity contribution is 7.47. The number of hydrogen-bond donors (Lipinski definition) is 12. The molecule has 27 heteroatoms. The average Bonchev–Trinajstić information content (AvgIpc) is 3.22. The van der Waals surface area contributed by atoms with Crippen LogP contribution in [-0.4, -0.2) is 189 Å². The van der Waals surface area contributed by atoms with Crippen molar-refractivity contribution in [1.29, 1.82) is 0 Å². The molecule has 3 aliphatic heterocycles. The molecule has 3 amide bonds. The van der Waals surface area contributed by atoms with Crippen LogP contribution in [0.4, 0.5) is 4.79 Å². The molecule has 15 N–H and O–H groups in total. The molecule has 17 atom stereocenters. The van der Waals surface area contributed by atoms with Gasteiger partial charge in [-0.2, -0.15) is 0 Å². The van der Waals surface area contributed by atoms with E-state index in [1.807, 2.05) is 27.7 Å². The second kappa shape index (κ2) is 26.3. The van der Waals surface area contributed by atoms with Gasteiger partial charge in [-0.25, -0.2) is 14.2 Å². The molecule has 3 aliphatic rings. The molecule has 0 saturated carbocycles. The summed E-state index contributed by atoms with van der Waals surface area (Å²) >= 11 is 0. The van der Waals surface area contributed by atoms with E-state index >= 15 is 0 Å². The van der Waals surface area contributed by atoms with E-state index in [0.717, 1.165) is 31.8 Å². The van der Waals surface area contributed by atoms with Gasteiger partial charge in [0.25, 0.3) is 0 Å². The van der Waals surface area contributed by atoms with Gasteiger partial charge in [0.2, 0.25) is 11.8 Å². The van der Waals surface area contributed by atoms with Gasteiger partial charge < -0.3 is 96.3 Å². The summed E-state index contributed by atoms with van der Waals surface area (Å²) < 4.78 is 62.0. The third-order valence-electron chi connectivity index (χ3n) is 10.5. The van der Waals surface area contributed by atoms with Crippen LogP contribution in [0.25, 0.3) is 0 Å². The second-order valence-corrected chi connectivity index (χ2v) is 17.6. The number of carboxylic acids is 1. The molecule has 3 saturated heterocycles. The maximum atomic E-state index is 13.5. The summed E-state index contributed by atoms with van der Waals surface area (Å²) in [5.74, 6) is -3.79. The Kier molecular flexibility index (Phi) is 22.6. The number of aliphatic hydroxyl groups is 6. The summed E-state index contributed by atoms with van der Waals surface area (Å²) in [5.41, 5.74) is 20.3. The maximum Gasteiger partial charge on any atom is 0.474 e. The Hall–Kier alpha value is -3.51. The van der Waals surface area contributed by atoms with E-state index in [1.54, 1.807) is 6.08 Å². The van der Waals surface area contributed by atoms with Crippen molar-refractivity contribution in [2.24, 2.45) is 17.2 Å². The van der Waals surface area contributed by atoms with Crippen molar-refractivity contribution in [2.45, 2.75) is 158 Å². The minimum atomic E-state index is -5.56. The number of nitrogens with one attached hydrogen (secondary N) is 1. The lowest BCUT2D eigenvalue weighted by Gasteiger charge is -2.48. The van der Waals surface area contributed by atoms with Gasteiger partial charge in [0.1, 0.15) is 36.6 Å². The van der Waals surface area contributed by atoms with E-state index in [1.165, 1.54) is 11.1 Å². The average molecular weight is 973 g/mol. The topological polar surface area (TPSA) is 420 Å². The van der Waals surface area contributed by atoms with Gasteiger partial charge in [0.05, 0.1) is 44.6 Å². The third kappa shape index (κ3) is 16.9. The summed E-state index contributed by atoms with van der Waals surface area (Å²) in [6.45, 7) is 6.05. The predicted octanol–water partition coefficient (Wildman–Crippen LogP) is -2.84. The van der Waals surface area contributed by atoms with Gasteiger partial charge in [-0.05, 0) is 53.4 Å². The van der Waals surface area contributed by atoms with Gasteiger partial charge >= 0.3 is 19.9 Å². The fourth-order valence-corrected chi connectivity index (χ4v) is 7.72. The van der Waals surface area contributed by atoms with Crippen molar-refractivity contribution in [3.05, 3.63) is 34.9 Å². The van der Waals surface area contributed by atoms with Gasteiger partial charge in [0, 0.05) is 6.92 Å². The smallest absolute Gasteiger partial charge is 0.474 e. The van der Waals surface area contributed by atoms with Crippen LogP contribution in [-0.2, 0) is 61.2 Å². The van der Waals surface area contributed by atoms with Gasteiger partial charge in [-0.15, -0.1) is 0 Å². The number of carboxylic acid groups (broad SMARTS) is 1. The van der Waals surface area contributed by atoms with Crippen LogP contribution in [0, 0.1) is 0 Å². The molecular formula is C39H65N4O22P. The number of nitrogens with two attached hydrogens (primary N) is 3. The summed E-state index contributed by atoms with van der Waals surface area (Å²) in [6.07, 6.45) is -19.5. The fourth-order valence-electron chi connectivity index (χ4n) is 6.90. The van der Waals surface area contributed by atoms with Crippen molar-refractivity contribution in [3.63, 3.8) is 0 Å². The molecule has 3 fully saturated rings. The summed E-state index contributed by atoms with van der Waals surface area (Å²) in [7, 11) is -5.56. The number of amides is 3. The monoisotopic (exact) mass is 972 g/mol. The number of aliphatic carboxylic acids is 1. The molecule has 9 unspecified atom stereocenters. The Labute approximate surface area is 380 Å². The second-order valence-electron chi connectivity index (χ2n) is 16.2. The van der Waals surface area contributed by atoms with E-state index in [4.69, 9.17) is 59.4 Å². The zero-order chi connectivity index (χ0) is 49.6. The van der Waals surface area contributed by atoms with E-state index < -0.39 is 150 Å². The molecule has 0 spiro atoms. The molecule has 0 aromatic heterocycles. The SMILES string of the molecule is CC(=O)NC1[C@H](O[C@@H]2C(OP(=O)(O)OCC(OC/C=C(/C)CC/C=C(\C)CCC=C(C)C)C(=O)O)OC(C(N)=O)C(O)[C@@H]2OC(N)=O)OC(CO[C@@H]2OC(CO)[C@@H](O)[C@H](O)C2O)[C@@H](O)[C@@H]1N. The third-order valence-corrected chi connectivity index (χ3v) is 11.5. The number of allylic oxidation sites excluding steroid dienone is 5. The number of carbonyl (C=O) groups excluding carboxylic acids is 3. The zero-order valence-corrected chi connectivity index (χ0v) is 38.0. The lowest BCUT2D eigenvalue weighted by Crippen LogP contribution is -2.70. The standard InChI is InChI=1S/C39H65N4O22P/c1-17(2)8-6-9-18(3)10-7-11-19(4)12-13-57-23(35(52)53)16-59-66(55,56)65-38-33(31(64-39(42)54)30(50)32(62-38)34(41)51)63-36-25(43-20(5)45)24(40)26(46)22(61-36)15-58-37-29(49)28(48)27(47)21(14-44)60-37/h8,10,12,21-33,36-38,44,46-50H,6-7,9,11,13-16,40H2,1-5H3,(H2,41,51)(H2,42,54)(H,43,45)(H,52,53)(H,55,56)/b18-10+,19-12-/t21?,22?,23?,24-,25?,26-,27-,28+,29?,30?,31+,32?,33+,36+,37-,38?/m1/s1. The molecule has 378 valence electrons. The molecule has 0 radical (unpaired) electrons. The maximum absolute atomic E-state index is 13.5. The number of primary amides is 2. The van der Waals surface area contributed by atoms with Gasteiger partial charge in [-0.3, -0.25) is 18.6 Å². The van der Waals surface area contributed by atoms with Crippen LogP contribution in [0.15, 0.2) is 34.9 Å². The van der Waals surface area contributed by atoms with E-state index in [2.05, 4.69) is 17.5 Å². The molecule has 0 aromatic carbocycles. The Morgan fingerprint density at radius 3 is 1.98 bits per heavy atom. The lowest BCUT2D eigenvalue weighted by atomic mass is 9.94. The first-order chi connectivity index (χ1) is 30.9. The van der Waals surface area contributed by atoms with Crippen LogP contribution >= 0.6 is 7.82 Å². The van der Waals surface area contributed by atoms with E-state index in [-0.39, 0.29) is 6.61 Å². The lowest BCUT2D eigenvalue weighted by molar-refractivity contribution is -0.341. The van der Waals surface area contributed by atoms with Crippen molar-refractivity contribution < 1.29 is 107 Å². The van der Waals surface area contributed by atoms with Crippen molar-refractivity contribution in [1.82, 2.24) is 5.32 Å². The molecule has 0 bridgehead atoms. The predicted molar refractivity (Wildman–Crippen MR) is 223 cm³/mol. The first kappa shape index (κ1) is 56.8. The van der Waals surface area contributed by atoms with Crippen LogP contribution in [0.5, 0.6) is 0 Å². The van der Waals surface area contributed by atoms with E-state index in [0.29, 0.717) is 6.42 Å². The molecule has 3 heterocycles. The molecule has 3 rings (SSSR count). The highest BCUT2D eigenvalue weighted by atomic mass is 31.2. The van der Waals surface area contributed by atoms with Crippen LogP contribution in [0.1, 0.15) is 60.3 Å². The number of ether oxygens (including phenoxy) is 7. The van der Waals surface area contributed by atoms with Crippen LogP contribution < -0.4 is 22.5 Å². The fraction of sp³-hybridized carbons (Fsp3) is 0.744. The summed E-state index contributed by atoms with van der Waals surface area (Å²) in [4.78, 5) is 59.7. The first-order valence-electron chi connectivity index (χ1n) is 20.8. The largest absolute Gasteiger partial charge is 0.479 e. The summed E-state index contributed by atoms with van der Waals surface area (Å²) in [6, 6.07) is -3.11. The number of carbonyl (C=O) groups is 4. The number of aliphatic hydroxyl groups excluding tert-OH is 6. The van der Waals surface area contributed by atoms with Gasteiger partial charge in [0.15, 0.2) is 43.3 Å². The number of phosphoric acid groups is 1. The van der Waals surface area contributed by atoms with Crippen LogP contribution in [0.3, 0.4) is 0 Å².